The third-order valence-electron chi connectivity index (χ3n) is 2.34. The van der Waals surface area contributed by atoms with Crippen LogP contribution in [0.15, 0.2) is 0 Å². The largest absolute Gasteiger partial charge is 0.338 e. The molecule has 0 aromatic carbocycles. The zero-order valence-corrected chi connectivity index (χ0v) is 8.47. The molecule has 2 amide bonds. The van der Waals surface area contributed by atoms with Crippen LogP contribution in [0.5, 0.6) is 0 Å². The number of amides is 2. The topological polar surface area (TPSA) is 44.4 Å². The molecule has 0 radical (unpaired) electrons. The van der Waals surface area contributed by atoms with E-state index in [-0.39, 0.29) is 6.03 Å². The summed E-state index contributed by atoms with van der Waals surface area (Å²) in [7, 11) is 3.51. The van der Waals surface area contributed by atoms with Gasteiger partial charge in [-0.15, -0.1) is 0 Å². The molecular weight excluding hydrogens is 166 g/mol. The molecule has 1 saturated heterocycles. The van der Waals surface area contributed by atoms with Crippen LogP contribution in [0.2, 0.25) is 0 Å². The third-order valence-corrected chi connectivity index (χ3v) is 2.34. The van der Waals surface area contributed by atoms with Gasteiger partial charge >= 0.3 is 6.03 Å². The summed E-state index contributed by atoms with van der Waals surface area (Å²) in [6, 6.07) is 0.706. The molecule has 0 bridgehead atoms. The summed E-state index contributed by atoms with van der Waals surface area (Å²) in [5, 5.41) is 6.18. The van der Waals surface area contributed by atoms with Crippen LogP contribution in [-0.2, 0) is 0 Å². The predicted octanol–water partition coefficient (Wildman–Crippen LogP) is 0.400. The second-order valence-corrected chi connectivity index (χ2v) is 3.71. The van der Waals surface area contributed by atoms with E-state index in [1.165, 1.54) is 12.8 Å². The molecule has 0 spiro atoms. The van der Waals surface area contributed by atoms with Gasteiger partial charge in [-0.25, -0.2) is 4.79 Å². The summed E-state index contributed by atoms with van der Waals surface area (Å²) in [5.74, 6) is 0. The first kappa shape index (κ1) is 10.3. The monoisotopic (exact) mass is 185 g/mol. The van der Waals surface area contributed by atoms with Gasteiger partial charge in [0.25, 0.3) is 0 Å². The second kappa shape index (κ2) is 5.07. The maximum Gasteiger partial charge on any atom is 0.316 e. The zero-order chi connectivity index (χ0) is 9.68. The van der Waals surface area contributed by atoms with Gasteiger partial charge in [-0.1, -0.05) is 0 Å². The first-order valence-electron chi connectivity index (χ1n) is 4.88. The fourth-order valence-electron chi connectivity index (χ4n) is 1.30. The number of nitrogens with one attached hydrogen (secondary N) is 2. The first-order chi connectivity index (χ1) is 6.20. The Bertz CT molecular complexity index is 166. The SMILES string of the molecule is CN(C)C(=O)NCCCC1CCN1. The quantitative estimate of drug-likeness (QED) is 0.623. The van der Waals surface area contributed by atoms with E-state index in [1.54, 1.807) is 19.0 Å². The van der Waals surface area contributed by atoms with Crippen molar-refractivity contribution in [1.29, 1.82) is 0 Å². The Labute approximate surface area is 79.7 Å². The smallest absolute Gasteiger partial charge is 0.316 e. The summed E-state index contributed by atoms with van der Waals surface area (Å²) in [6.45, 7) is 1.95. The average Bonchev–Trinajstić information content (AvgIpc) is 2.00. The lowest BCUT2D eigenvalue weighted by molar-refractivity contribution is 0.216. The number of rotatable bonds is 4. The Kier molecular flexibility index (Phi) is 4.02. The van der Waals surface area contributed by atoms with Crippen LogP contribution >= 0.6 is 0 Å². The van der Waals surface area contributed by atoms with Crippen LogP contribution in [0, 0.1) is 0 Å². The summed E-state index contributed by atoms with van der Waals surface area (Å²) in [4.78, 5) is 12.6. The van der Waals surface area contributed by atoms with Crippen LogP contribution in [0.25, 0.3) is 0 Å². The highest BCUT2D eigenvalue weighted by Crippen LogP contribution is 2.07. The highest BCUT2D eigenvalue weighted by molar-refractivity contribution is 5.73. The number of carbonyl (C=O) groups is 1. The van der Waals surface area contributed by atoms with E-state index in [1.807, 2.05) is 0 Å². The van der Waals surface area contributed by atoms with Crippen molar-refractivity contribution in [2.75, 3.05) is 27.2 Å². The summed E-state index contributed by atoms with van der Waals surface area (Å²) < 4.78 is 0. The lowest BCUT2D eigenvalue weighted by atomic mass is 10.0. The van der Waals surface area contributed by atoms with E-state index in [0.29, 0.717) is 6.04 Å². The standard InChI is InChI=1S/C9H19N3O/c1-12(2)9(13)11-6-3-4-8-5-7-10-8/h8,10H,3-7H2,1-2H3,(H,11,13). The van der Waals surface area contributed by atoms with E-state index >= 15 is 0 Å². The van der Waals surface area contributed by atoms with Gasteiger partial charge < -0.3 is 15.5 Å². The molecule has 1 aliphatic heterocycles. The van der Waals surface area contributed by atoms with Crippen molar-refractivity contribution in [3.05, 3.63) is 0 Å². The van der Waals surface area contributed by atoms with E-state index in [2.05, 4.69) is 10.6 Å². The van der Waals surface area contributed by atoms with Crippen molar-refractivity contribution in [2.24, 2.45) is 0 Å². The van der Waals surface area contributed by atoms with Crippen molar-refractivity contribution in [2.45, 2.75) is 25.3 Å². The molecular formula is C9H19N3O. The molecule has 1 aliphatic rings. The molecule has 13 heavy (non-hydrogen) atoms. The van der Waals surface area contributed by atoms with Gasteiger partial charge in [0, 0.05) is 26.7 Å². The van der Waals surface area contributed by atoms with Crippen molar-refractivity contribution in [3.63, 3.8) is 0 Å². The minimum absolute atomic E-state index is 0.00145. The van der Waals surface area contributed by atoms with Gasteiger partial charge in [-0.3, -0.25) is 0 Å². The minimum atomic E-state index is 0.00145. The Hall–Kier alpha value is -0.770. The molecule has 76 valence electrons. The fraction of sp³-hybridized carbons (Fsp3) is 0.889. The van der Waals surface area contributed by atoms with Crippen LogP contribution < -0.4 is 10.6 Å². The molecule has 0 saturated carbocycles. The molecule has 1 unspecified atom stereocenters. The lowest BCUT2D eigenvalue weighted by Crippen LogP contribution is -2.43. The van der Waals surface area contributed by atoms with E-state index < -0.39 is 0 Å². The van der Waals surface area contributed by atoms with Crippen LogP contribution in [0.4, 0.5) is 4.79 Å². The Morgan fingerprint density at radius 3 is 2.77 bits per heavy atom. The molecule has 1 fully saturated rings. The van der Waals surface area contributed by atoms with Crippen molar-refractivity contribution in [1.82, 2.24) is 15.5 Å². The average molecular weight is 185 g/mol. The van der Waals surface area contributed by atoms with E-state index in [4.69, 9.17) is 0 Å². The highest BCUT2D eigenvalue weighted by Gasteiger charge is 2.15. The van der Waals surface area contributed by atoms with Crippen molar-refractivity contribution in [3.8, 4) is 0 Å². The van der Waals surface area contributed by atoms with Gasteiger partial charge in [0.2, 0.25) is 0 Å². The number of carbonyl (C=O) groups excluding carboxylic acids is 1. The zero-order valence-electron chi connectivity index (χ0n) is 8.47. The lowest BCUT2D eigenvalue weighted by Gasteiger charge is -2.27. The third kappa shape index (κ3) is 3.63. The highest BCUT2D eigenvalue weighted by atomic mass is 16.2. The normalized spacial score (nSPS) is 20.6. The number of hydrogen-bond donors (Lipinski definition) is 2. The van der Waals surface area contributed by atoms with Crippen LogP contribution in [-0.4, -0.2) is 44.2 Å². The van der Waals surface area contributed by atoms with Crippen LogP contribution in [0.1, 0.15) is 19.3 Å². The fourth-order valence-corrected chi connectivity index (χ4v) is 1.30. The second-order valence-electron chi connectivity index (χ2n) is 3.71. The van der Waals surface area contributed by atoms with Gasteiger partial charge in [0.1, 0.15) is 0 Å². The first-order valence-corrected chi connectivity index (χ1v) is 4.88. The molecule has 1 rings (SSSR count). The maximum atomic E-state index is 11.1. The van der Waals surface area contributed by atoms with E-state index in [0.717, 1.165) is 19.5 Å². The minimum Gasteiger partial charge on any atom is -0.338 e. The number of urea groups is 1. The predicted molar refractivity (Wildman–Crippen MR) is 52.7 cm³/mol. The molecule has 0 aliphatic carbocycles. The molecule has 4 nitrogen and oxygen atoms in total. The van der Waals surface area contributed by atoms with Crippen molar-refractivity contribution >= 4 is 6.03 Å². The summed E-state index contributed by atoms with van der Waals surface area (Å²) in [5.41, 5.74) is 0. The molecule has 2 N–H and O–H groups in total. The van der Waals surface area contributed by atoms with E-state index in [9.17, 15) is 4.79 Å². The molecule has 1 atom stereocenters. The Morgan fingerprint density at radius 1 is 1.62 bits per heavy atom. The van der Waals surface area contributed by atoms with Crippen LogP contribution in [0.3, 0.4) is 0 Å². The molecule has 0 aromatic rings. The Morgan fingerprint density at radius 2 is 2.31 bits per heavy atom. The maximum absolute atomic E-state index is 11.1. The number of hydrogen-bond acceptors (Lipinski definition) is 2. The summed E-state index contributed by atoms with van der Waals surface area (Å²) >= 11 is 0. The molecule has 4 heteroatoms. The van der Waals surface area contributed by atoms with Gasteiger partial charge in [0.05, 0.1) is 0 Å². The van der Waals surface area contributed by atoms with Gasteiger partial charge in [-0.2, -0.15) is 0 Å². The number of nitrogens with zero attached hydrogens (tertiary/aromatic N) is 1. The molecule has 0 aromatic heterocycles. The van der Waals surface area contributed by atoms with Gasteiger partial charge in [0.15, 0.2) is 0 Å². The molecule has 1 heterocycles. The summed E-state index contributed by atoms with van der Waals surface area (Å²) in [6.07, 6.45) is 3.53. The van der Waals surface area contributed by atoms with Crippen molar-refractivity contribution < 1.29 is 4.79 Å². The van der Waals surface area contributed by atoms with Gasteiger partial charge in [-0.05, 0) is 25.8 Å². The Balaban J connectivity index is 1.91.